The molecule has 3 rings (SSSR count). The number of fused-ring (bicyclic) bond motifs is 1. The van der Waals surface area contributed by atoms with Crippen molar-refractivity contribution < 1.29 is 34.1 Å². The summed E-state index contributed by atoms with van der Waals surface area (Å²) in [4.78, 5) is 34.2. The average molecular weight is 348 g/mol. The molecule has 2 heterocycles. The number of carboxylic acids is 2. The van der Waals surface area contributed by atoms with E-state index >= 15 is 0 Å². The summed E-state index contributed by atoms with van der Waals surface area (Å²) in [6.07, 6.45) is 0. The molecule has 3 N–H and O–H groups in total. The number of amides is 1. The lowest BCUT2D eigenvalue weighted by atomic mass is 10.2. The zero-order valence-corrected chi connectivity index (χ0v) is 12.6. The third-order valence-corrected chi connectivity index (χ3v) is 3.26. The molecule has 0 spiro atoms. The van der Waals surface area contributed by atoms with Crippen molar-refractivity contribution in [3.63, 3.8) is 0 Å². The number of hydrogen-bond donors (Lipinski definition) is 3. The van der Waals surface area contributed by atoms with E-state index in [0.29, 0.717) is 35.1 Å². The van der Waals surface area contributed by atoms with Crippen LogP contribution in [-0.2, 0) is 11.3 Å². The second-order valence-corrected chi connectivity index (χ2v) is 4.96. The molecule has 0 bridgehead atoms. The van der Waals surface area contributed by atoms with Crippen LogP contribution in [0.4, 0.5) is 5.69 Å². The van der Waals surface area contributed by atoms with Crippen LogP contribution in [0.25, 0.3) is 0 Å². The van der Waals surface area contributed by atoms with Crippen molar-refractivity contribution in [2.24, 2.45) is 0 Å². The van der Waals surface area contributed by atoms with Gasteiger partial charge in [0, 0.05) is 11.8 Å². The molecule has 11 heteroatoms. The molecular weight excluding hydrogens is 336 g/mol. The van der Waals surface area contributed by atoms with Gasteiger partial charge in [-0.3, -0.25) is 4.79 Å². The number of carbonyl (C=O) groups is 3. The van der Waals surface area contributed by atoms with Crippen LogP contribution in [0.3, 0.4) is 0 Å². The summed E-state index contributed by atoms with van der Waals surface area (Å²) in [5.41, 5.74) is -1.01. The van der Waals surface area contributed by atoms with Gasteiger partial charge >= 0.3 is 11.9 Å². The fourth-order valence-electron chi connectivity index (χ4n) is 2.24. The molecule has 130 valence electrons. The van der Waals surface area contributed by atoms with Crippen LogP contribution in [-0.4, -0.2) is 56.3 Å². The van der Waals surface area contributed by atoms with Crippen molar-refractivity contribution in [2.45, 2.75) is 6.54 Å². The predicted octanol–water partition coefficient (Wildman–Crippen LogP) is 0.0844. The van der Waals surface area contributed by atoms with E-state index in [-0.39, 0.29) is 0 Å². The Bertz CT molecular complexity index is 861. The Kier molecular flexibility index (Phi) is 4.20. The molecular formula is C14H12N4O7. The number of ether oxygens (including phenoxy) is 2. The lowest BCUT2D eigenvalue weighted by molar-refractivity contribution is -0.116. The Labute approximate surface area is 139 Å². The number of nitrogens with zero attached hydrogens (tertiary/aromatic N) is 3. The second kappa shape index (κ2) is 6.47. The first-order valence-electron chi connectivity index (χ1n) is 7.05. The van der Waals surface area contributed by atoms with Crippen LogP contribution in [0.5, 0.6) is 11.5 Å². The first-order valence-corrected chi connectivity index (χ1v) is 7.05. The van der Waals surface area contributed by atoms with Gasteiger partial charge in [0.15, 0.2) is 17.2 Å². The standard InChI is InChI=1S/C14H12N4O7/c19-10(6-18-12(14(22)23)11(13(20)21)16-17-18)15-7-1-2-8-9(5-7)25-4-3-24-8/h1-2,5H,3-4,6H2,(H,15,19)(H,20,21)(H,22,23). The largest absolute Gasteiger partial charge is 0.486 e. The van der Waals surface area contributed by atoms with Gasteiger partial charge in [-0.15, -0.1) is 5.10 Å². The lowest BCUT2D eigenvalue weighted by Crippen LogP contribution is -2.23. The Balaban J connectivity index is 1.75. The molecule has 0 fully saturated rings. The monoisotopic (exact) mass is 348 g/mol. The quantitative estimate of drug-likeness (QED) is 0.682. The molecule has 0 aliphatic carbocycles. The van der Waals surface area contributed by atoms with Crippen LogP contribution < -0.4 is 14.8 Å². The van der Waals surface area contributed by atoms with Crippen LogP contribution in [0.2, 0.25) is 0 Å². The summed E-state index contributed by atoms with van der Waals surface area (Å²) < 4.78 is 11.5. The number of carboxylic acid groups (broad SMARTS) is 2. The molecule has 2 aromatic rings. The Hall–Kier alpha value is -3.63. The Morgan fingerprint density at radius 2 is 1.84 bits per heavy atom. The van der Waals surface area contributed by atoms with Crippen LogP contribution in [0, 0.1) is 0 Å². The number of anilines is 1. The van der Waals surface area contributed by atoms with Crippen molar-refractivity contribution >= 4 is 23.5 Å². The van der Waals surface area contributed by atoms with Gasteiger partial charge in [0.05, 0.1) is 0 Å². The topological polar surface area (TPSA) is 153 Å². The number of aromatic carboxylic acids is 2. The fourth-order valence-corrected chi connectivity index (χ4v) is 2.24. The van der Waals surface area contributed by atoms with Crippen LogP contribution in [0.15, 0.2) is 18.2 Å². The van der Waals surface area contributed by atoms with E-state index in [9.17, 15) is 14.4 Å². The number of rotatable bonds is 5. The minimum atomic E-state index is -1.55. The van der Waals surface area contributed by atoms with Crippen LogP contribution in [0.1, 0.15) is 21.0 Å². The smallest absolute Gasteiger partial charge is 0.359 e. The molecule has 11 nitrogen and oxygen atoms in total. The summed E-state index contributed by atoms with van der Waals surface area (Å²) in [5, 5.41) is 27.2. The minimum Gasteiger partial charge on any atom is -0.486 e. The highest BCUT2D eigenvalue weighted by atomic mass is 16.6. The van der Waals surface area contributed by atoms with Crippen molar-refractivity contribution in [2.75, 3.05) is 18.5 Å². The molecule has 0 radical (unpaired) electrons. The van der Waals surface area contributed by atoms with E-state index in [0.717, 1.165) is 0 Å². The molecule has 1 aliphatic heterocycles. The van der Waals surface area contributed by atoms with E-state index in [1.165, 1.54) is 0 Å². The molecule has 0 saturated carbocycles. The molecule has 1 aliphatic rings. The van der Waals surface area contributed by atoms with Gasteiger partial charge in [-0.1, -0.05) is 5.21 Å². The maximum Gasteiger partial charge on any atom is 0.359 e. The third-order valence-electron chi connectivity index (χ3n) is 3.26. The average Bonchev–Trinajstić information content (AvgIpc) is 2.98. The maximum absolute atomic E-state index is 12.1. The SMILES string of the molecule is O=C(Cn1nnc(C(=O)O)c1C(=O)O)Nc1ccc2c(c1)OCCO2. The van der Waals surface area contributed by atoms with Crippen molar-refractivity contribution in [3.8, 4) is 11.5 Å². The van der Waals surface area contributed by atoms with Gasteiger partial charge in [0.25, 0.3) is 0 Å². The molecule has 1 aromatic carbocycles. The highest BCUT2D eigenvalue weighted by Gasteiger charge is 2.25. The summed E-state index contributed by atoms with van der Waals surface area (Å²) in [6.45, 7) is 0.314. The first-order chi connectivity index (χ1) is 12.0. The van der Waals surface area contributed by atoms with Crippen molar-refractivity contribution in [1.29, 1.82) is 0 Å². The van der Waals surface area contributed by atoms with Gasteiger partial charge in [0.1, 0.15) is 19.8 Å². The van der Waals surface area contributed by atoms with Gasteiger partial charge in [-0.2, -0.15) is 0 Å². The van der Waals surface area contributed by atoms with Gasteiger partial charge in [-0.25, -0.2) is 14.3 Å². The molecule has 25 heavy (non-hydrogen) atoms. The molecule has 0 unspecified atom stereocenters. The number of carbonyl (C=O) groups excluding carboxylic acids is 1. The molecule has 0 saturated heterocycles. The lowest BCUT2D eigenvalue weighted by Gasteiger charge is -2.19. The van der Waals surface area contributed by atoms with Gasteiger partial charge < -0.3 is 25.0 Å². The number of aromatic nitrogens is 3. The summed E-state index contributed by atoms with van der Waals surface area (Å²) in [6, 6.07) is 4.78. The fraction of sp³-hybridized carbons (Fsp3) is 0.214. The number of hydrogen-bond acceptors (Lipinski definition) is 7. The Morgan fingerprint density at radius 1 is 1.12 bits per heavy atom. The van der Waals surface area contributed by atoms with E-state index < -0.39 is 35.8 Å². The van der Waals surface area contributed by atoms with Gasteiger partial charge in [-0.05, 0) is 12.1 Å². The number of benzene rings is 1. The number of nitrogens with one attached hydrogen (secondary N) is 1. The second-order valence-electron chi connectivity index (χ2n) is 4.96. The molecule has 1 amide bonds. The van der Waals surface area contributed by atoms with E-state index in [1.807, 2.05) is 0 Å². The van der Waals surface area contributed by atoms with E-state index in [1.54, 1.807) is 18.2 Å². The van der Waals surface area contributed by atoms with Crippen molar-refractivity contribution in [3.05, 3.63) is 29.6 Å². The van der Waals surface area contributed by atoms with E-state index in [4.69, 9.17) is 19.7 Å². The van der Waals surface area contributed by atoms with E-state index in [2.05, 4.69) is 15.6 Å². The summed E-state index contributed by atoms with van der Waals surface area (Å²) in [7, 11) is 0. The predicted molar refractivity (Wildman–Crippen MR) is 80.0 cm³/mol. The maximum atomic E-state index is 12.1. The Morgan fingerprint density at radius 3 is 2.52 bits per heavy atom. The highest BCUT2D eigenvalue weighted by Crippen LogP contribution is 2.32. The molecule has 1 aromatic heterocycles. The first kappa shape index (κ1) is 16.2. The van der Waals surface area contributed by atoms with Crippen molar-refractivity contribution in [1.82, 2.24) is 15.0 Å². The molecule has 0 atom stereocenters. The zero-order valence-electron chi connectivity index (χ0n) is 12.6. The minimum absolute atomic E-state index is 0.392. The summed E-state index contributed by atoms with van der Waals surface area (Å²) in [5.74, 6) is -2.67. The normalized spacial score (nSPS) is 12.5. The van der Waals surface area contributed by atoms with Crippen LogP contribution >= 0.6 is 0 Å². The third kappa shape index (κ3) is 3.34. The summed E-state index contributed by atoms with van der Waals surface area (Å²) >= 11 is 0. The zero-order chi connectivity index (χ0) is 18.0. The highest BCUT2D eigenvalue weighted by molar-refractivity contribution is 5.99. The van der Waals surface area contributed by atoms with Gasteiger partial charge in [0.2, 0.25) is 11.6 Å².